The molecule has 45 heavy (non-hydrogen) atoms. The van der Waals surface area contributed by atoms with Crippen LogP contribution in [-0.4, -0.2) is 0 Å². The zero-order chi connectivity index (χ0) is 30.1. The van der Waals surface area contributed by atoms with Crippen molar-refractivity contribution < 1.29 is 4.42 Å². The van der Waals surface area contributed by atoms with Crippen LogP contribution in [0.1, 0.15) is 25.0 Å². The van der Waals surface area contributed by atoms with Crippen LogP contribution in [0.3, 0.4) is 0 Å². The standard InChI is InChI=1S/C43H31NO/c1-43(2)37-19-8-6-16-33(37)34-24-22-29(26-38(34)43)32-18-10-12-28-13-11-20-39(42(28)32)44(30-14-4-3-5-15-30)31-23-25-41-36(27-31)35-17-7-9-21-40(35)45-41/h3-27H,1-2H3. The van der Waals surface area contributed by atoms with Crippen LogP contribution >= 0.6 is 0 Å². The molecule has 0 saturated carbocycles. The second kappa shape index (κ2) is 9.70. The van der Waals surface area contributed by atoms with Gasteiger partial charge in [-0.1, -0.05) is 117 Å². The lowest BCUT2D eigenvalue weighted by Gasteiger charge is -2.28. The van der Waals surface area contributed by atoms with Crippen molar-refractivity contribution in [2.45, 2.75) is 19.3 Å². The average molecular weight is 578 g/mol. The Morgan fingerprint density at radius 3 is 2.09 bits per heavy atom. The maximum Gasteiger partial charge on any atom is 0.135 e. The first-order valence-corrected chi connectivity index (χ1v) is 15.6. The molecule has 8 aromatic rings. The second-order valence-electron chi connectivity index (χ2n) is 12.6. The summed E-state index contributed by atoms with van der Waals surface area (Å²) in [4.78, 5) is 2.39. The molecule has 0 radical (unpaired) electrons. The lowest BCUT2D eigenvalue weighted by atomic mass is 9.81. The van der Waals surface area contributed by atoms with Gasteiger partial charge in [0, 0.05) is 32.9 Å². The fraction of sp³-hybridized carbons (Fsp3) is 0.0698. The van der Waals surface area contributed by atoms with Crippen LogP contribution in [0.25, 0.3) is 55.0 Å². The first-order chi connectivity index (χ1) is 22.1. The largest absolute Gasteiger partial charge is 0.456 e. The molecule has 0 fully saturated rings. The Hall–Kier alpha value is -5.60. The van der Waals surface area contributed by atoms with E-state index in [1.54, 1.807) is 0 Å². The molecular weight excluding hydrogens is 546 g/mol. The molecule has 1 heterocycles. The molecule has 1 aliphatic carbocycles. The Morgan fingerprint density at radius 2 is 1.20 bits per heavy atom. The van der Waals surface area contributed by atoms with Crippen molar-refractivity contribution in [1.29, 1.82) is 0 Å². The van der Waals surface area contributed by atoms with Crippen molar-refractivity contribution in [3.8, 4) is 22.3 Å². The highest BCUT2D eigenvalue weighted by molar-refractivity contribution is 6.10. The van der Waals surface area contributed by atoms with Gasteiger partial charge in [0.2, 0.25) is 0 Å². The zero-order valence-corrected chi connectivity index (χ0v) is 25.3. The molecule has 1 aromatic heterocycles. The maximum atomic E-state index is 6.20. The number of rotatable bonds is 4. The molecule has 0 atom stereocenters. The van der Waals surface area contributed by atoms with Crippen LogP contribution in [0.15, 0.2) is 156 Å². The van der Waals surface area contributed by atoms with E-state index >= 15 is 0 Å². The van der Waals surface area contributed by atoms with E-state index in [0.29, 0.717) is 0 Å². The van der Waals surface area contributed by atoms with Crippen molar-refractivity contribution in [3.05, 3.63) is 163 Å². The van der Waals surface area contributed by atoms with Gasteiger partial charge in [-0.25, -0.2) is 0 Å². The maximum absolute atomic E-state index is 6.20. The van der Waals surface area contributed by atoms with Crippen LogP contribution in [0.5, 0.6) is 0 Å². The topological polar surface area (TPSA) is 16.4 Å². The van der Waals surface area contributed by atoms with E-state index in [9.17, 15) is 0 Å². The normalized spacial score (nSPS) is 13.3. The van der Waals surface area contributed by atoms with Gasteiger partial charge < -0.3 is 9.32 Å². The van der Waals surface area contributed by atoms with E-state index in [4.69, 9.17) is 4.42 Å². The van der Waals surface area contributed by atoms with Crippen molar-refractivity contribution >= 4 is 49.8 Å². The average Bonchev–Trinajstić information content (AvgIpc) is 3.57. The molecule has 0 unspecified atom stereocenters. The van der Waals surface area contributed by atoms with Gasteiger partial charge in [-0.15, -0.1) is 0 Å². The summed E-state index contributed by atoms with van der Waals surface area (Å²) < 4.78 is 6.20. The highest BCUT2D eigenvalue weighted by Crippen LogP contribution is 2.50. The molecular formula is C43H31NO. The van der Waals surface area contributed by atoms with Crippen LogP contribution in [0.2, 0.25) is 0 Å². The smallest absolute Gasteiger partial charge is 0.135 e. The molecule has 9 rings (SSSR count). The minimum absolute atomic E-state index is 0.0613. The molecule has 0 N–H and O–H groups in total. The quantitative estimate of drug-likeness (QED) is 0.207. The fourth-order valence-electron chi connectivity index (χ4n) is 7.48. The number of hydrogen-bond acceptors (Lipinski definition) is 2. The predicted octanol–water partition coefficient (Wildman–Crippen LogP) is 12.2. The third-order valence-corrected chi connectivity index (χ3v) is 9.65. The molecule has 0 bridgehead atoms. The molecule has 0 spiro atoms. The Morgan fingerprint density at radius 1 is 0.489 bits per heavy atom. The Balaban J connectivity index is 1.28. The first kappa shape index (κ1) is 25.9. The summed E-state index contributed by atoms with van der Waals surface area (Å²) in [5.74, 6) is 0. The van der Waals surface area contributed by atoms with Crippen LogP contribution in [-0.2, 0) is 5.41 Å². The highest BCUT2D eigenvalue weighted by Gasteiger charge is 2.35. The number of benzene rings is 7. The highest BCUT2D eigenvalue weighted by atomic mass is 16.3. The molecule has 0 aliphatic heterocycles. The summed E-state index contributed by atoms with van der Waals surface area (Å²) in [6.45, 7) is 4.70. The molecule has 2 nitrogen and oxygen atoms in total. The van der Waals surface area contributed by atoms with Gasteiger partial charge in [0.1, 0.15) is 11.2 Å². The van der Waals surface area contributed by atoms with E-state index in [1.165, 1.54) is 44.2 Å². The molecule has 214 valence electrons. The summed E-state index contributed by atoms with van der Waals surface area (Å²) in [5.41, 5.74) is 13.0. The van der Waals surface area contributed by atoms with Gasteiger partial charge >= 0.3 is 0 Å². The van der Waals surface area contributed by atoms with Gasteiger partial charge in [-0.2, -0.15) is 0 Å². The second-order valence-corrected chi connectivity index (χ2v) is 12.6. The lowest BCUT2D eigenvalue weighted by molar-refractivity contribution is 0.660. The monoisotopic (exact) mass is 577 g/mol. The van der Waals surface area contributed by atoms with Crippen molar-refractivity contribution in [1.82, 2.24) is 0 Å². The van der Waals surface area contributed by atoms with Crippen LogP contribution in [0.4, 0.5) is 17.1 Å². The van der Waals surface area contributed by atoms with Gasteiger partial charge in [-0.05, 0) is 87.3 Å². The summed E-state index contributed by atoms with van der Waals surface area (Å²) >= 11 is 0. The summed E-state index contributed by atoms with van der Waals surface area (Å²) in [7, 11) is 0. The minimum atomic E-state index is -0.0613. The molecule has 7 aromatic carbocycles. The predicted molar refractivity (Wildman–Crippen MR) is 189 cm³/mol. The zero-order valence-electron chi connectivity index (χ0n) is 25.3. The SMILES string of the molecule is CC1(C)c2ccccc2-c2ccc(-c3cccc4cccc(N(c5ccccc5)c5ccc6oc7ccccc7c6c5)c34)cc21. The van der Waals surface area contributed by atoms with Crippen molar-refractivity contribution in [2.24, 2.45) is 0 Å². The minimum Gasteiger partial charge on any atom is -0.456 e. The number of nitrogens with zero attached hydrogens (tertiary/aromatic N) is 1. The third-order valence-electron chi connectivity index (χ3n) is 9.65. The van der Waals surface area contributed by atoms with Gasteiger partial charge in [0.25, 0.3) is 0 Å². The Bertz CT molecular complexity index is 2410. The van der Waals surface area contributed by atoms with Crippen molar-refractivity contribution in [2.75, 3.05) is 4.90 Å². The Labute approximate surface area is 262 Å². The van der Waals surface area contributed by atoms with Crippen molar-refractivity contribution in [3.63, 3.8) is 0 Å². The van der Waals surface area contributed by atoms with Crippen LogP contribution in [0, 0.1) is 0 Å². The number of furan rings is 1. The van der Waals surface area contributed by atoms with E-state index in [0.717, 1.165) is 39.0 Å². The number of anilines is 3. The first-order valence-electron chi connectivity index (χ1n) is 15.6. The molecule has 0 saturated heterocycles. The van der Waals surface area contributed by atoms with Gasteiger partial charge in [0.05, 0.1) is 5.69 Å². The molecule has 0 amide bonds. The van der Waals surface area contributed by atoms with E-state index in [2.05, 4.69) is 158 Å². The lowest BCUT2D eigenvalue weighted by Crippen LogP contribution is -2.15. The molecule has 1 aliphatic rings. The number of fused-ring (bicyclic) bond motifs is 7. The van der Waals surface area contributed by atoms with Crippen LogP contribution < -0.4 is 4.90 Å². The summed E-state index contributed by atoms with van der Waals surface area (Å²) in [6.07, 6.45) is 0. The summed E-state index contributed by atoms with van der Waals surface area (Å²) in [5, 5.41) is 4.69. The Kier molecular flexibility index (Phi) is 5.58. The number of para-hydroxylation sites is 2. The van der Waals surface area contributed by atoms with E-state index in [1.807, 2.05) is 12.1 Å². The van der Waals surface area contributed by atoms with Gasteiger partial charge in [0.15, 0.2) is 0 Å². The van der Waals surface area contributed by atoms with E-state index < -0.39 is 0 Å². The van der Waals surface area contributed by atoms with Gasteiger partial charge in [-0.3, -0.25) is 0 Å². The molecule has 2 heteroatoms. The third kappa shape index (κ3) is 3.89. The number of hydrogen-bond donors (Lipinski definition) is 0. The summed E-state index contributed by atoms with van der Waals surface area (Å²) in [6, 6.07) is 54.8. The van der Waals surface area contributed by atoms with E-state index in [-0.39, 0.29) is 5.41 Å². The fourth-order valence-corrected chi connectivity index (χ4v) is 7.48.